The highest BCUT2D eigenvalue weighted by atomic mass is 19.1. The number of hydrogen-bond acceptors (Lipinski definition) is 4. The zero-order valence-corrected chi connectivity index (χ0v) is 16.2. The molecule has 3 rings (SSSR count). The van der Waals surface area contributed by atoms with Crippen molar-refractivity contribution in [2.24, 2.45) is 0 Å². The van der Waals surface area contributed by atoms with Crippen LogP contribution in [0.4, 0.5) is 16.0 Å². The number of nitrogens with one attached hydrogen (secondary N) is 1. The monoisotopic (exact) mass is 378 g/mol. The summed E-state index contributed by atoms with van der Waals surface area (Å²) in [4.78, 5) is 23.4. The Morgan fingerprint density at radius 1 is 1.07 bits per heavy atom. The molecule has 0 bridgehead atoms. The van der Waals surface area contributed by atoms with Crippen molar-refractivity contribution < 1.29 is 9.18 Å². The zero-order chi connectivity index (χ0) is 20.1. The molecule has 0 aliphatic heterocycles. The molecule has 2 aromatic carbocycles. The van der Waals surface area contributed by atoms with E-state index in [-0.39, 0.29) is 18.3 Å². The van der Waals surface area contributed by atoms with Crippen molar-refractivity contribution >= 4 is 17.5 Å². The summed E-state index contributed by atoms with van der Waals surface area (Å²) < 4.78 is 13.8. The summed E-state index contributed by atoms with van der Waals surface area (Å²) in [7, 11) is 0. The van der Waals surface area contributed by atoms with E-state index in [2.05, 4.69) is 15.3 Å². The normalized spacial score (nSPS) is 10.6. The van der Waals surface area contributed by atoms with Crippen LogP contribution in [0.15, 0.2) is 54.6 Å². The first-order chi connectivity index (χ1) is 13.5. The van der Waals surface area contributed by atoms with E-state index < -0.39 is 0 Å². The largest absolute Gasteiger partial charge is 0.350 e. The second-order valence-corrected chi connectivity index (χ2v) is 6.55. The number of amides is 1. The first-order valence-corrected chi connectivity index (χ1v) is 9.19. The van der Waals surface area contributed by atoms with Gasteiger partial charge in [-0.25, -0.2) is 14.4 Å². The smallest absolute Gasteiger partial charge is 0.277 e. The second kappa shape index (κ2) is 8.61. The van der Waals surface area contributed by atoms with Crippen LogP contribution in [0.25, 0.3) is 0 Å². The molecule has 1 amide bonds. The van der Waals surface area contributed by atoms with Crippen LogP contribution in [0, 0.1) is 19.7 Å². The van der Waals surface area contributed by atoms with Gasteiger partial charge in [-0.2, -0.15) is 0 Å². The lowest BCUT2D eigenvalue weighted by Crippen LogP contribution is -2.31. The summed E-state index contributed by atoms with van der Waals surface area (Å²) in [5, 5.41) is 3.01. The zero-order valence-electron chi connectivity index (χ0n) is 16.2. The van der Waals surface area contributed by atoms with Crippen molar-refractivity contribution in [1.29, 1.82) is 0 Å². The molecule has 6 heteroatoms. The minimum atomic E-state index is -0.296. The predicted molar refractivity (Wildman–Crippen MR) is 109 cm³/mol. The van der Waals surface area contributed by atoms with Crippen molar-refractivity contribution in [3.63, 3.8) is 0 Å². The molecule has 0 aliphatic rings. The number of rotatable bonds is 6. The number of carbonyl (C=O) groups is 1. The summed E-state index contributed by atoms with van der Waals surface area (Å²) in [6.07, 6.45) is 0. The van der Waals surface area contributed by atoms with Crippen molar-refractivity contribution in [3.05, 3.63) is 82.9 Å². The Kier molecular flexibility index (Phi) is 5.99. The summed E-state index contributed by atoms with van der Waals surface area (Å²) in [5.41, 5.74) is 3.37. The van der Waals surface area contributed by atoms with Gasteiger partial charge in [-0.15, -0.1) is 0 Å². The van der Waals surface area contributed by atoms with Crippen LogP contribution in [0.5, 0.6) is 0 Å². The SMILES string of the molecule is CCN(C(=O)c1cc(C)nc(NCc2ccccc2F)n1)c1cccc(C)c1. The van der Waals surface area contributed by atoms with Gasteiger partial charge in [0.1, 0.15) is 11.5 Å². The topological polar surface area (TPSA) is 58.1 Å². The number of aryl methyl sites for hydroxylation is 2. The molecule has 144 valence electrons. The third kappa shape index (κ3) is 4.52. The molecule has 5 nitrogen and oxygen atoms in total. The Labute approximate surface area is 164 Å². The highest BCUT2D eigenvalue weighted by molar-refractivity contribution is 6.05. The van der Waals surface area contributed by atoms with E-state index in [1.165, 1.54) is 6.07 Å². The van der Waals surface area contributed by atoms with Gasteiger partial charge in [-0.05, 0) is 50.6 Å². The van der Waals surface area contributed by atoms with Crippen LogP contribution in [-0.2, 0) is 6.54 Å². The number of halogens is 1. The number of aromatic nitrogens is 2. The lowest BCUT2D eigenvalue weighted by atomic mass is 10.2. The minimum Gasteiger partial charge on any atom is -0.350 e. The number of benzene rings is 2. The molecule has 1 heterocycles. The first kappa shape index (κ1) is 19.5. The Morgan fingerprint density at radius 2 is 1.86 bits per heavy atom. The van der Waals surface area contributed by atoms with Crippen LogP contribution >= 0.6 is 0 Å². The third-order valence-corrected chi connectivity index (χ3v) is 4.34. The molecule has 0 aliphatic carbocycles. The Bertz CT molecular complexity index is 990. The fraction of sp³-hybridized carbons (Fsp3) is 0.227. The van der Waals surface area contributed by atoms with Gasteiger partial charge in [0.25, 0.3) is 5.91 Å². The summed E-state index contributed by atoms with van der Waals surface area (Å²) in [6, 6.07) is 16.0. The molecule has 0 unspecified atom stereocenters. The molecule has 0 radical (unpaired) electrons. The van der Waals surface area contributed by atoms with E-state index in [0.717, 1.165) is 11.3 Å². The van der Waals surface area contributed by atoms with Gasteiger partial charge >= 0.3 is 0 Å². The van der Waals surface area contributed by atoms with E-state index in [1.807, 2.05) is 38.1 Å². The van der Waals surface area contributed by atoms with Crippen molar-refractivity contribution in [1.82, 2.24) is 9.97 Å². The fourth-order valence-electron chi connectivity index (χ4n) is 2.95. The Balaban J connectivity index is 1.83. The van der Waals surface area contributed by atoms with Gasteiger partial charge in [0.2, 0.25) is 5.95 Å². The predicted octanol–water partition coefficient (Wildman–Crippen LogP) is 4.51. The van der Waals surface area contributed by atoms with Crippen LogP contribution in [-0.4, -0.2) is 22.4 Å². The standard InChI is InChI=1S/C22H23FN4O/c1-4-27(18-10-7-8-15(2)12-18)21(28)20-13-16(3)25-22(26-20)24-14-17-9-5-6-11-19(17)23/h5-13H,4,14H2,1-3H3,(H,24,25,26). The first-order valence-electron chi connectivity index (χ1n) is 9.19. The van der Waals surface area contributed by atoms with Crippen molar-refractivity contribution in [2.45, 2.75) is 27.3 Å². The summed E-state index contributed by atoms with van der Waals surface area (Å²) in [6.45, 7) is 6.46. The summed E-state index contributed by atoms with van der Waals surface area (Å²) in [5.74, 6) is -0.199. The van der Waals surface area contributed by atoms with Gasteiger partial charge in [0, 0.05) is 30.0 Å². The van der Waals surface area contributed by atoms with Crippen LogP contribution in [0.1, 0.15) is 34.2 Å². The molecule has 1 aromatic heterocycles. The lowest BCUT2D eigenvalue weighted by Gasteiger charge is -2.21. The van der Waals surface area contributed by atoms with Gasteiger partial charge < -0.3 is 10.2 Å². The van der Waals surface area contributed by atoms with Crippen LogP contribution in [0.2, 0.25) is 0 Å². The molecule has 0 atom stereocenters. The van der Waals surface area contributed by atoms with Gasteiger partial charge in [0.05, 0.1) is 0 Å². The average molecular weight is 378 g/mol. The van der Waals surface area contributed by atoms with E-state index in [0.29, 0.717) is 29.4 Å². The Hall–Kier alpha value is -3.28. The maximum absolute atomic E-state index is 13.8. The van der Waals surface area contributed by atoms with Gasteiger partial charge in [0.15, 0.2) is 0 Å². The molecule has 0 spiro atoms. The second-order valence-electron chi connectivity index (χ2n) is 6.55. The Morgan fingerprint density at radius 3 is 2.57 bits per heavy atom. The van der Waals surface area contributed by atoms with Crippen LogP contribution in [0.3, 0.4) is 0 Å². The highest BCUT2D eigenvalue weighted by Gasteiger charge is 2.19. The van der Waals surface area contributed by atoms with E-state index in [9.17, 15) is 9.18 Å². The molecule has 0 saturated carbocycles. The van der Waals surface area contributed by atoms with E-state index in [4.69, 9.17) is 0 Å². The fourth-order valence-corrected chi connectivity index (χ4v) is 2.95. The molecular formula is C22H23FN4O. The quantitative estimate of drug-likeness (QED) is 0.686. The molecule has 0 saturated heterocycles. The van der Waals surface area contributed by atoms with Gasteiger partial charge in [-0.3, -0.25) is 4.79 Å². The summed E-state index contributed by atoms with van der Waals surface area (Å²) >= 11 is 0. The molecule has 0 fully saturated rings. The lowest BCUT2D eigenvalue weighted by molar-refractivity contribution is 0.0983. The number of hydrogen-bond donors (Lipinski definition) is 1. The van der Waals surface area contributed by atoms with Crippen molar-refractivity contribution in [3.8, 4) is 0 Å². The van der Waals surface area contributed by atoms with E-state index in [1.54, 1.807) is 36.1 Å². The van der Waals surface area contributed by atoms with Crippen molar-refractivity contribution in [2.75, 3.05) is 16.8 Å². The third-order valence-electron chi connectivity index (χ3n) is 4.34. The van der Waals surface area contributed by atoms with Gasteiger partial charge in [-0.1, -0.05) is 30.3 Å². The molecule has 1 N–H and O–H groups in total. The highest BCUT2D eigenvalue weighted by Crippen LogP contribution is 2.19. The van der Waals surface area contributed by atoms with E-state index >= 15 is 0 Å². The molecular weight excluding hydrogens is 355 g/mol. The number of nitrogens with zero attached hydrogens (tertiary/aromatic N) is 3. The molecule has 3 aromatic rings. The maximum atomic E-state index is 13.8. The molecule has 28 heavy (non-hydrogen) atoms. The number of carbonyl (C=O) groups excluding carboxylic acids is 1. The maximum Gasteiger partial charge on any atom is 0.277 e. The number of anilines is 2. The minimum absolute atomic E-state index is 0.201. The van der Waals surface area contributed by atoms with Crippen LogP contribution < -0.4 is 10.2 Å². The average Bonchev–Trinajstić information content (AvgIpc) is 2.67.